The third-order valence-electron chi connectivity index (χ3n) is 7.41. The summed E-state index contributed by atoms with van der Waals surface area (Å²) >= 11 is 0. The number of ether oxygens (including phenoxy) is 3. The van der Waals surface area contributed by atoms with E-state index in [-0.39, 0.29) is 25.0 Å². The zero-order valence-corrected chi connectivity index (χ0v) is 27.7. The molecule has 1 aliphatic rings. The number of nitrogens with one attached hydrogen (secondary N) is 1. The van der Waals surface area contributed by atoms with E-state index in [2.05, 4.69) is 11.9 Å². The van der Waals surface area contributed by atoms with E-state index in [1.165, 1.54) is 27.7 Å². The highest BCUT2D eigenvalue weighted by Crippen LogP contribution is 2.26. The number of carboxylic acids is 1. The van der Waals surface area contributed by atoms with Crippen LogP contribution in [0.4, 0.5) is 0 Å². The molecule has 2 unspecified atom stereocenters. The topological polar surface area (TPSA) is 284 Å². The number of ketones is 1. The number of nitrogens with two attached hydrogens (primary N) is 3. The molecule has 17 nitrogen and oxygen atoms in total. The molecule has 1 heterocycles. The van der Waals surface area contributed by atoms with Gasteiger partial charge in [-0.05, 0) is 59.1 Å². The third-order valence-corrected chi connectivity index (χ3v) is 7.41. The molecule has 0 aromatic heterocycles. The molecule has 3 amide bonds. The predicted molar refractivity (Wildman–Crippen MR) is 166 cm³/mol. The molecule has 47 heavy (non-hydrogen) atoms. The van der Waals surface area contributed by atoms with E-state index in [1.807, 2.05) is 0 Å². The first-order valence-corrected chi connectivity index (χ1v) is 15.3. The maximum absolute atomic E-state index is 13.3. The number of amides is 3. The number of nitrogens with zero attached hydrogens (tertiary/aromatic N) is 1. The quantitative estimate of drug-likeness (QED) is 0.0320. The highest BCUT2D eigenvalue weighted by atomic mass is 16.6. The average Bonchev–Trinajstić information content (AvgIpc) is 2.95. The highest BCUT2D eigenvalue weighted by Gasteiger charge is 2.48. The van der Waals surface area contributed by atoms with Gasteiger partial charge in [-0.1, -0.05) is 13.0 Å². The zero-order valence-electron chi connectivity index (χ0n) is 27.7. The van der Waals surface area contributed by atoms with E-state index in [9.17, 15) is 39.0 Å². The van der Waals surface area contributed by atoms with Gasteiger partial charge in [-0.25, -0.2) is 0 Å². The van der Waals surface area contributed by atoms with E-state index in [0.29, 0.717) is 19.4 Å². The van der Waals surface area contributed by atoms with E-state index < -0.39 is 103 Å². The average molecular weight is 674 g/mol. The zero-order chi connectivity index (χ0) is 36.2. The molecule has 8 atom stereocenters. The number of carbonyl (C=O) groups excluding carboxylic acids is 5. The van der Waals surface area contributed by atoms with Crippen molar-refractivity contribution in [1.29, 1.82) is 0 Å². The van der Waals surface area contributed by atoms with Gasteiger partial charge in [0.1, 0.15) is 42.9 Å². The molecule has 1 rings (SSSR count). The first kappa shape index (κ1) is 41.5. The molecule has 0 aromatic rings. The number of aliphatic hydroxyl groups excluding tert-OH is 2. The summed E-state index contributed by atoms with van der Waals surface area (Å²) in [6.07, 6.45) is -6.89. The van der Waals surface area contributed by atoms with Gasteiger partial charge >= 0.3 is 11.9 Å². The van der Waals surface area contributed by atoms with Crippen molar-refractivity contribution in [2.45, 2.75) is 115 Å². The van der Waals surface area contributed by atoms with Crippen LogP contribution >= 0.6 is 0 Å². The van der Waals surface area contributed by atoms with Crippen LogP contribution in [0.15, 0.2) is 12.2 Å². The van der Waals surface area contributed by atoms with Gasteiger partial charge in [-0.15, -0.1) is 0 Å². The van der Waals surface area contributed by atoms with E-state index in [4.69, 9.17) is 36.5 Å². The lowest BCUT2D eigenvalue weighted by atomic mass is 9.93. The summed E-state index contributed by atoms with van der Waals surface area (Å²) < 4.78 is 16.8. The van der Waals surface area contributed by atoms with Crippen LogP contribution in [-0.4, -0.2) is 124 Å². The van der Waals surface area contributed by atoms with E-state index in [0.717, 1.165) is 11.8 Å². The maximum Gasteiger partial charge on any atom is 0.316 e. The fourth-order valence-electron chi connectivity index (χ4n) is 5.05. The second-order valence-electron chi connectivity index (χ2n) is 12.3. The smallest absolute Gasteiger partial charge is 0.316 e. The second-order valence-corrected chi connectivity index (χ2v) is 12.3. The summed E-state index contributed by atoms with van der Waals surface area (Å²) in [6.45, 7) is 9.82. The highest BCUT2D eigenvalue weighted by molar-refractivity contribution is 6.07. The summed E-state index contributed by atoms with van der Waals surface area (Å²) in [5.74, 6) is -6.15. The first-order valence-electron chi connectivity index (χ1n) is 15.3. The fourth-order valence-corrected chi connectivity index (χ4v) is 5.05. The summed E-state index contributed by atoms with van der Waals surface area (Å²) in [7, 11) is 0. The lowest BCUT2D eigenvalue weighted by molar-refractivity contribution is -0.269. The molecule has 0 bridgehead atoms. The Balaban J connectivity index is 3.28. The maximum atomic E-state index is 13.3. The van der Waals surface area contributed by atoms with Crippen LogP contribution in [0.5, 0.6) is 0 Å². The Labute approximate surface area is 274 Å². The van der Waals surface area contributed by atoms with Crippen LogP contribution in [0.1, 0.15) is 66.7 Å². The number of unbranched alkanes of at least 4 members (excludes halogenated alkanes) is 1. The van der Waals surface area contributed by atoms with Gasteiger partial charge in [0.05, 0.1) is 11.6 Å². The number of allylic oxidation sites excluding steroid dienone is 1. The number of carboxylic acid groups (broad SMARTS) is 1. The third kappa shape index (κ3) is 12.9. The van der Waals surface area contributed by atoms with E-state index in [1.54, 1.807) is 0 Å². The van der Waals surface area contributed by atoms with Gasteiger partial charge in [-0.2, -0.15) is 0 Å². The SMILES string of the molecule is C=C(C)C(=O)C(CCCCN)C(=O)OC[C@H]1O[C@H](O)[C@H](NC(C)=O)[C@@H](OC(C)CN(C(=O)C(C)(C)N)[C@H](CCC(=O)O)C(N)=O)[C@@H]1O. The molecule has 0 radical (unpaired) electrons. The van der Waals surface area contributed by atoms with Crippen molar-refractivity contribution < 1.29 is 58.3 Å². The van der Waals surface area contributed by atoms with Gasteiger partial charge < -0.3 is 56.9 Å². The van der Waals surface area contributed by atoms with Gasteiger partial charge in [0.15, 0.2) is 12.1 Å². The van der Waals surface area contributed by atoms with Crippen LogP contribution in [-0.2, 0) is 43.0 Å². The Kier molecular flexibility index (Phi) is 16.6. The van der Waals surface area contributed by atoms with Crippen LogP contribution in [0.2, 0.25) is 0 Å². The summed E-state index contributed by atoms with van der Waals surface area (Å²) in [4.78, 5) is 75.4. The van der Waals surface area contributed by atoms with Crippen molar-refractivity contribution in [3.05, 3.63) is 12.2 Å². The minimum atomic E-state index is -1.77. The van der Waals surface area contributed by atoms with Crippen LogP contribution in [0, 0.1) is 5.92 Å². The lowest BCUT2D eigenvalue weighted by Crippen LogP contribution is -2.66. The van der Waals surface area contributed by atoms with E-state index >= 15 is 0 Å². The second kappa shape index (κ2) is 18.8. The number of aliphatic hydroxyl groups is 2. The summed E-state index contributed by atoms with van der Waals surface area (Å²) in [6, 6.07) is -2.73. The Bertz CT molecular complexity index is 1140. The van der Waals surface area contributed by atoms with Crippen LogP contribution in [0.3, 0.4) is 0 Å². The van der Waals surface area contributed by atoms with Crippen LogP contribution < -0.4 is 22.5 Å². The Morgan fingerprint density at radius 1 is 1.09 bits per heavy atom. The molecule has 10 N–H and O–H groups in total. The molecule has 0 aliphatic carbocycles. The predicted octanol–water partition coefficient (Wildman–Crippen LogP) is -1.94. The van der Waals surface area contributed by atoms with Gasteiger partial charge in [0.2, 0.25) is 17.7 Å². The number of esters is 1. The number of hydrogen-bond acceptors (Lipinski definition) is 13. The van der Waals surface area contributed by atoms with Crippen molar-refractivity contribution in [2.24, 2.45) is 23.1 Å². The minimum Gasteiger partial charge on any atom is -0.481 e. The molecular weight excluding hydrogens is 622 g/mol. The molecule has 0 aromatic carbocycles. The number of Topliss-reactive ketones (excluding diaryl/α,β-unsaturated/α-hetero) is 1. The molecule has 1 aliphatic heterocycles. The molecule has 0 spiro atoms. The molecule has 0 saturated carbocycles. The Morgan fingerprint density at radius 2 is 1.70 bits per heavy atom. The van der Waals surface area contributed by atoms with Crippen molar-refractivity contribution >= 4 is 35.4 Å². The van der Waals surface area contributed by atoms with Gasteiger partial charge in [0.25, 0.3) is 0 Å². The monoisotopic (exact) mass is 673 g/mol. The largest absolute Gasteiger partial charge is 0.481 e. The normalized spacial score (nSPS) is 23.1. The standard InChI is InChI=1S/C30H51N5O12/c1-15(2)23(39)18(9-7-8-12-31)27(42)45-14-20-24(40)25(22(28(43)47-20)34-17(4)36)46-16(3)13-35(29(44)30(5,6)33)19(26(32)41)10-11-21(37)38/h16,18-20,22,24-25,28,40,43H,1,7-14,31,33H2,2-6H3,(H2,32,41)(H,34,36)(H,37,38)/t16?,18?,19-,20-,22-,24-,25-,28+/m1/s1. The minimum absolute atomic E-state index is 0.150. The van der Waals surface area contributed by atoms with Gasteiger partial charge in [-0.3, -0.25) is 28.8 Å². The van der Waals surface area contributed by atoms with Crippen molar-refractivity contribution in [1.82, 2.24) is 10.2 Å². The number of carbonyl (C=O) groups is 6. The fraction of sp³-hybridized carbons (Fsp3) is 0.733. The van der Waals surface area contributed by atoms with Crippen LogP contribution in [0.25, 0.3) is 0 Å². The number of primary amides is 1. The van der Waals surface area contributed by atoms with Gasteiger partial charge in [0, 0.05) is 19.9 Å². The molecular formula is C30H51N5O12. The Morgan fingerprint density at radius 3 is 2.19 bits per heavy atom. The first-order chi connectivity index (χ1) is 21.7. The number of hydrogen-bond donors (Lipinski definition) is 7. The molecule has 268 valence electrons. The number of aliphatic carboxylic acids is 1. The van der Waals surface area contributed by atoms with Crippen molar-refractivity contribution in [3.8, 4) is 0 Å². The number of rotatable bonds is 20. The Hall–Kier alpha value is -3.48. The van der Waals surface area contributed by atoms with Crippen molar-refractivity contribution in [2.75, 3.05) is 19.7 Å². The summed E-state index contributed by atoms with van der Waals surface area (Å²) in [5.41, 5.74) is 15.7. The molecule has 1 fully saturated rings. The lowest BCUT2D eigenvalue weighted by Gasteiger charge is -2.44. The van der Waals surface area contributed by atoms with Crippen molar-refractivity contribution in [3.63, 3.8) is 0 Å². The molecule has 17 heteroatoms. The molecule has 1 saturated heterocycles. The summed E-state index contributed by atoms with van der Waals surface area (Å²) in [5, 5.41) is 33.7.